The Kier molecular flexibility index (Phi) is 5.62. The van der Waals surface area contributed by atoms with Crippen LogP contribution in [-0.2, 0) is 4.79 Å². The summed E-state index contributed by atoms with van der Waals surface area (Å²) in [5.74, 6) is -0.156. The van der Waals surface area contributed by atoms with E-state index in [9.17, 15) is 4.79 Å². The standard InChI is InChI=1S/C10H16N2O/c1-4-6-7-12(8-11)10(13)9(3)5-2/h4,9H,1,5-7H2,2-3H3. The van der Waals surface area contributed by atoms with Gasteiger partial charge in [0.15, 0.2) is 6.19 Å². The van der Waals surface area contributed by atoms with E-state index in [2.05, 4.69) is 6.58 Å². The summed E-state index contributed by atoms with van der Waals surface area (Å²) < 4.78 is 0. The zero-order chi connectivity index (χ0) is 10.3. The molecule has 1 atom stereocenters. The van der Waals surface area contributed by atoms with Gasteiger partial charge >= 0.3 is 0 Å². The van der Waals surface area contributed by atoms with Crippen LogP contribution in [0, 0.1) is 17.4 Å². The van der Waals surface area contributed by atoms with Crippen molar-refractivity contribution < 1.29 is 4.79 Å². The Morgan fingerprint density at radius 1 is 1.77 bits per heavy atom. The largest absolute Gasteiger partial charge is 0.273 e. The first-order chi connectivity index (χ1) is 6.17. The van der Waals surface area contributed by atoms with Crippen molar-refractivity contribution in [1.29, 1.82) is 5.26 Å². The maximum atomic E-state index is 11.5. The molecule has 3 heteroatoms. The van der Waals surface area contributed by atoms with Crippen molar-refractivity contribution in [2.75, 3.05) is 6.54 Å². The Labute approximate surface area is 79.6 Å². The van der Waals surface area contributed by atoms with Gasteiger partial charge in [-0.2, -0.15) is 5.26 Å². The molecule has 3 nitrogen and oxygen atoms in total. The second kappa shape index (κ2) is 6.24. The molecule has 0 rings (SSSR count). The lowest BCUT2D eigenvalue weighted by Gasteiger charge is -2.16. The van der Waals surface area contributed by atoms with Crippen LogP contribution in [0.5, 0.6) is 0 Å². The summed E-state index contributed by atoms with van der Waals surface area (Å²) in [5, 5.41) is 8.69. The third kappa shape index (κ3) is 3.75. The van der Waals surface area contributed by atoms with Crippen molar-refractivity contribution in [2.24, 2.45) is 5.92 Å². The molecule has 13 heavy (non-hydrogen) atoms. The molecule has 72 valence electrons. The summed E-state index contributed by atoms with van der Waals surface area (Å²) in [6.45, 7) is 7.76. The van der Waals surface area contributed by atoms with Gasteiger partial charge in [0.1, 0.15) is 0 Å². The van der Waals surface area contributed by atoms with E-state index < -0.39 is 0 Å². The number of carbonyl (C=O) groups is 1. The van der Waals surface area contributed by atoms with E-state index in [1.807, 2.05) is 20.0 Å². The first kappa shape index (κ1) is 11.7. The van der Waals surface area contributed by atoms with Crippen molar-refractivity contribution in [3.05, 3.63) is 12.7 Å². The number of nitrogens with zero attached hydrogens (tertiary/aromatic N) is 2. The highest BCUT2D eigenvalue weighted by Gasteiger charge is 2.17. The van der Waals surface area contributed by atoms with Gasteiger partial charge in [-0.25, -0.2) is 4.90 Å². The van der Waals surface area contributed by atoms with E-state index in [4.69, 9.17) is 5.26 Å². The van der Waals surface area contributed by atoms with E-state index in [0.29, 0.717) is 13.0 Å². The Hall–Kier alpha value is -1.30. The summed E-state index contributed by atoms with van der Waals surface area (Å²) in [4.78, 5) is 12.7. The summed E-state index contributed by atoms with van der Waals surface area (Å²) in [5.41, 5.74) is 0. The maximum absolute atomic E-state index is 11.5. The number of carbonyl (C=O) groups excluding carboxylic acids is 1. The summed E-state index contributed by atoms with van der Waals surface area (Å²) in [6, 6.07) is 0. The highest BCUT2D eigenvalue weighted by molar-refractivity contribution is 5.79. The van der Waals surface area contributed by atoms with E-state index in [-0.39, 0.29) is 11.8 Å². The molecule has 0 bridgehead atoms. The minimum atomic E-state index is -0.0909. The van der Waals surface area contributed by atoms with Crippen molar-refractivity contribution in [1.82, 2.24) is 4.90 Å². The van der Waals surface area contributed by atoms with Crippen LogP contribution in [0.25, 0.3) is 0 Å². The molecule has 0 saturated carbocycles. The molecule has 0 heterocycles. The second-order valence-corrected chi connectivity index (χ2v) is 2.98. The zero-order valence-corrected chi connectivity index (χ0v) is 8.29. The molecular weight excluding hydrogens is 164 g/mol. The molecule has 0 N–H and O–H groups in total. The number of amides is 1. The minimum Gasteiger partial charge on any atom is -0.273 e. The van der Waals surface area contributed by atoms with Gasteiger partial charge in [0, 0.05) is 12.5 Å². The third-order valence-corrected chi connectivity index (χ3v) is 1.98. The molecule has 0 fully saturated rings. The number of rotatable bonds is 5. The predicted octanol–water partition coefficient (Wildman–Crippen LogP) is 1.92. The molecule has 0 aromatic heterocycles. The molecule has 0 aliphatic heterocycles. The van der Waals surface area contributed by atoms with Gasteiger partial charge < -0.3 is 0 Å². The summed E-state index contributed by atoms with van der Waals surface area (Å²) >= 11 is 0. The average Bonchev–Trinajstić information content (AvgIpc) is 2.17. The van der Waals surface area contributed by atoms with Crippen LogP contribution in [0.4, 0.5) is 0 Å². The van der Waals surface area contributed by atoms with Gasteiger partial charge in [0.05, 0.1) is 0 Å². The Morgan fingerprint density at radius 3 is 2.77 bits per heavy atom. The van der Waals surface area contributed by atoms with E-state index in [0.717, 1.165) is 6.42 Å². The number of hydrogen-bond acceptors (Lipinski definition) is 2. The molecule has 0 radical (unpaired) electrons. The normalized spacial score (nSPS) is 11.5. The van der Waals surface area contributed by atoms with Crippen molar-refractivity contribution in [3.63, 3.8) is 0 Å². The van der Waals surface area contributed by atoms with Crippen LogP contribution < -0.4 is 0 Å². The predicted molar refractivity (Wildman–Crippen MR) is 51.6 cm³/mol. The SMILES string of the molecule is C=CCCN(C#N)C(=O)C(C)CC. The van der Waals surface area contributed by atoms with Crippen LogP contribution in [0.15, 0.2) is 12.7 Å². The van der Waals surface area contributed by atoms with Crippen LogP contribution in [-0.4, -0.2) is 17.4 Å². The summed E-state index contributed by atoms with van der Waals surface area (Å²) in [6.07, 6.45) is 5.02. The van der Waals surface area contributed by atoms with E-state index in [1.165, 1.54) is 4.90 Å². The van der Waals surface area contributed by atoms with Gasteiger partial charge in [-0.3, -0.25) is 4.79 Å². The van der Waals surface area contributed by atoms with E-state index in [1.54, 1.807) is 6.08 Å². The van der Waals surface area contributed by atoms with Crippen molar-refractivity contribution in [2.45, 2.75) is 26.7 Å². The molecule has 0 aromatic rings. The summed E-state index contributed by atoms with van der Waals surface area (Å²) in [7, 11) is 0. The third-order valence-electron chi connectivity index (χ3n) is 1.98. The van der Waals surface area contributed by atoms with Gasteiger partial charge in [0.2, 0.25) is 5.91 Å². The van der Waals surface area contributed by atoms with Crippen molar-refractivity contribution in [3.8, 4) is 6.19 Å². The zero-order valence-electron chi connectivity index (χ0n) is 8.29. The highest BCUT2D eigenvalue weighted by atomic mass is 16.2. The Balaban J connectivity index is 4.16. The lowest BCUT2D eigenvalue weighted by molar-refractivity contribution is -0.131. The first-order valence-electron chi connectivity index (χ1n) is 4.49. The highest BCUT2D eigenvalue weighted by Crippen LogP contribution is 2.06. The number of nitriles is 1. The van der Waals surface area contributed by atoms with Crippen LogP contribution in [0.1, 0.15) is 26.7 Å². The van der Waals surface area contributed by atoms with Crippen LogP contribution in [0.2, 0.25) is 0 Å². The fraction of sp³-hybridized carbons (Fsp3) is 0.600. The minimum absolute atomic E-state index is 0.0653. The fourth-order valence-electron chi connectivity index (χ4n) is 0.871. The van der Waals surface area contributed by atoms with Crippen LogP contribution >= 0.6 is 0 Å². The molecule has 0 saturated heterocycles. The fourth-order valence-corrected chi connectivity index (χ4v) is 0.871. The van der Waals surface area contributed by atoms with Gasteiger partial charge in [-0.05, 0) is 12.8 Å². The van der Waals surface area contributed by atoms with E-state index >= 15 is 0 Å². The number of hydrogen-bond donors (Lipinski definition) is 0. The maximum Gasteiger partial charge on any atom is 0.238 e. The molecule has 0 aliphatic carbocycles. The smallest absolute Gasteiger partial charge is 0.238 e. The molecule has 1 amide bonds. The second-order valence-electron chi connectivity index (χ2n) is 2.98. The lowest BCUT2D eigenvalue weighted by Crippen LogP contribution is -2.31. The molecule has 1 unspecified atom stereocenters. The quantitative estimate of drug-likeness (QED) is 0.368. The Morgan fingerprint density at radius 2 is 2.38 bits per heavy atom. The monoisotopic (exact) mass is 180 g/mol. The van der Waals surface area contributed by atoms with Crippen molar-refractivity contribution >= 4 is 5.91 Å². The molecule has 0 aliphatic rings. The molecule has 0 aromatic carbocycles. The Bertz CT molecular complexity index is 217. The lowest BCUT2D eigenvalue weighted by atomic mass is 10.1. The van der Waals surface area contributed by atoms with Crippen LogP contribution in [0.3, 0.4) is 0 Å². The van der Waals surface area contributed by atoms with Gasteiger partial charge in [0.25, 0.3) is 0 Å². The molecule has 0 spiro atoms. The first-order valence-corrected chi connectivity index (χ1v) is 4.49. The van der Waals surface area contributed by atoms with Gasteiger partial charge in [-0.15, -0.1) is 6.58 Å². The molecular formula is C10H16N2O. The average molecular weight is 180 g/mol. The van der Waals surface area contributed by atoms with Gasteiger partial charge in [-0.1, -0.05) is 19.9 Å². The topological polar surface area (TPSA) is 44.1 Å².